The predicted molar refractivity (Wildman–Crippen MR) is 79.3 cm³/mol. The van der Waals surface area contributed by atoms with Crippen molar-refractivity contribution < 1.29 is 9.90 Å². The molecule has 102 valence electrons. The summed E-state index contributed by atoms with van der Waals surface area (Å²) in [7, 11) is 0. The highest BCUT2D eigenvalue weighted by Crippen LogP contribution is 2.28. The minimum atomic E-state index is -0.985. The summed E-state index contributed by atoms with van der Waals surface area (Å²) in [5.74, 6) is -0.214. The normalized spacial score (nSPS) is 15.2. The Labute approximate surface area is 117 Å². The number of aromatic carboxylic acids is 1. The molecule has 0 aliphatic carbocycles. The number of carboxylic acids is 1. The zero-order valence-electron chi connectivity index (χ0n) is 11.3. The molecule has 20 heavy (non-hydrogen) atoms. The molecule has 1 aliphatic rings. The van der Waals surface area contributed by atoms with Crippen molar-refractivity contribution in [3.05, 3.63) is 47.7 Å². The van der Waals surface area contributed by atoms with Crippen LogP contribution in [0.25, 0.3) is 10.8 Å². The second-order valence-corrected chi connectivity index (χ2v) is 5.12. The number of rotatable bonds is 2. The van der Waals surface area contributed by atoms with Gasteiger partial charge in [-0.25, -0.2) is 9.78 Å². The molecule has 1 aromatic carbocycles. The van der Waals surface area contributed by atoms with Crippen LogP contribution in [0.15, 0.2) is 42.0 Å². The Balaban J connectivity index is 2.17. The maximum Gasteiger partial charge on any atom is 0.354 e. The van der Waals surface area contributed by atoms with Crippen LogP contribution in [-0.4, -0.2) is 29.1 Å². The van der Waals surface area contributed by atoms with Gasteiger partial charge in [0.2, 0.25) is 0 Å². The molecule has 1 aliphatic heterocycles. The van der Waals surface area contributed by atoms with Gasteiger partial charge in [-0.2, -0.15) is 0 Å². The number of aromatic nitrogens is 1. The summed E-state index contributed by atoms with van der Waals surface area (Å²) in [6, 6.07) is 9.43. The lowest BCUT2D eigenvalue weighted by atomic mass is 10.1. The Hall–Kier alpha value is -2.36. The average Bonchev–Trinajstić information content (AvgIpc) is 2.46. The van der Waals surface area contributed by atoms with E-state index in [-0.39, 0.29) is 5.69 Å². The van der Waals surface area contributed by atoms with Gasteiger partial charge in [0.1, 0.15) is 5.82 Å². The Bertz CT molecular complexity index is 707. The lowest BCUT2D eigenvalue weighted by molar-refractivity contribution is 0.0691. The number of anilines is 1. The van der Waals surface area contributed by atoms with Crippen LogP contribution in [-0.2, 0) is 0 Å². The molecule has 1 aromatic heterocycles. The molecular formula is C16H16N2O2. The first-order valence-corrected chi connectivity index (χ1v) is 6.69. The quantitative estimate of drug-likeness (QED) is 0.850. The van der Waals surface area contributed by atoms with Gasteiger partial charge in [0.05, 0.1) is 0 Å². The van der Waals surface area contributed by atoms with Crippen molar-refractivity contribution in [1.29, 1.82) is 0 Å². The fourth-order valence-electron chi connectivity index (χ4n) is 2.62. The molecule has 0 spiro atoms. The van der Waals surface area contributed by atoms with Crippen LogP contribution < -0.4 is 4.90 Å². The standard InChI is InChI=1S/C16H16N2O2/c1-11-5-4-8-18(10-11)15-13-7-3-2-6-12(13)9-14(17-15)16(19)20/h2-3,5-7,9H,4,8,10H2,1H3,(H,19,20). The highest BCUT2D eigenvalue weighted by molar-refractivity contribution is 5.98. The first-order valence-electron chi connectivity index (χ1n) is 6.69. The van der Waals surface area contributed by atoms with Crippen LogP contribution in [0.3, 0.4) is 0 Å². The van der Waals surface area contributed by atoms with Gasteiger partial charge in [-0.05, 0) is 24.8 Å². The van der Waals surface area contributed by atoms with Crippen LogP contribution in [0, 0.1) is 0 Å². The minimum Gasteiger partial charge on any atom is -0.477 e. The maximum atomic E-state index is 11.3. The van der Waals surface area contributed by atoms with E-state index in [0.717, 1.165) is 36.1 Å². The number of benzene rings is 1. The molecule has 0 saturated heterocycles. The molecule has 0 fully saturated rings. The van der Waals surface area contributed by atoms with Gasteiger partial charge >= 0.3 is 5.97 Å². The predicted octanol–water partition coefficient (Wildman–Crippen LogP) is 3.09. The Morgan fingerprint density at radius 2 is 2.15 bits per heavy atom. The molecule has 3 rings (SSSR count). The molecular weight excluding hydrogens is 252 g/mol. The maximum absolute atomic E-state index is 11.3. The van der Waals surface area contributed by atoms with Crippen molar-refractivity contribution in [2.45, 2.75) is 13.3 Å². The van der Waals surface area contributed by atoms with E-state index in [1.165, 1.54) is 5.57 Å². The first kappa shape index (κ1) is 12.7. The number of carbonyl (C=O) groups is 1. The fourth-order valence-corrected chi connectivity index (χ4v) is 2.62. The van der Waals surface area contributed by atoms with E-state index in [0.29, 0.717) is 0 Å². The van der Waals surface area contributed by atoms with Gasteiger partial charge in [-0.3, -0.25) is 0 Å². The smallest absolute Gasteiger partial charge is 0.354 e. The average molecular weight is 268 g/mol. The van der Waals surface area contributed by atoms with Crippen LogP contribution in [0.4, 0.5) is 5.82 Å². The van der Waals surface area contributed by atoms with E-state index in [1.807, 2.05) is 24.3 Å². The third kappa shape index (κ3) is 2.25. The Morgan fingerprint density at radius 1 is 1.35 bits per heavy atom. The summed E-state index contributed by atoms with van der Waals surface area (Å²) in [5.41, 5.74) is 1.40. The van der Waals surface area contributed by atoms with E-state index < -0.39 is 5.97 Å². The van der Waals surface area contributed by atoms with Gasteiger partial charge < -0.3 is 10.0 Å². The minimum absolute atomic E-state index is 0.103. The molecule has 4 nitrogen and oxygen atoms in total. The SMILES string of the molecule is CC1=CCCN(c2nc(C(=O)O)cc3ccccc23)C1. The molecule has 0 saturated carbocycles. The summed E-state index contributed by atoms with van der Waals surface area (Å²) >= 11 is 0. The van der Waals surface area contributed by atoms with E-state index in [4.69, 9.17) is 0 Å². The zero-order valence-corrected chi connectivity index (χ0v) is 11.3. The molecule has 0 radical (unpaired) electrons. The number of nitrogens with zero attached hydrogens (tertiary/aromatic N) is 2. The Kier molecular flexibility index (Phi) is 3.14. The van der Waals surface area contributed by atoms with Crippen molar-refractivity contribution in [3.8, 4) is 0 Å². The van der Waals surface area contributed by atoms with Gasteiger partial charge in [0, 0.05) is 18.5 Å². The molecule has 0 unspecified atom stereocenters. The van der Waals surface area contributed by atoms with Gasteiger partial charge in [-0.15, -0.1) is 0 Å². The topological polar surface area (TPSA) is 53.4 Å². The summed E-state index contributed by atoms with van der Waals surface area (Å²) < 4.78 is 0. The molecule has 4 heteroatoms. The van der Waals surface area contributed by atoms with Crippen LogP contribution in [0.5, 0.6) is 0 Å². The molecule has 0 atom stereocenters. The van der Waals surface area contributed by atoms with Crippen LogP contribution in [0.1, 0.15) is 23.8 Å². The zero-order chi connectivity index (χ0) is 14.1. The highest BCUT2D eigenvalue weighted by atomic mass is 16.4. The third-order valence-electron chi connectivity index (χ3n) is 3.57. The van der Waals surface area contributed by atoms with Crippen molar-refractivity contribution in [2.24, 2.45) is 0 Å². The lowest BCUT2D eigenvalue weighted by Crippen LogP contribution is -2.30. The fraction of sp³-hybridized carbons (Fsp3) is 0.250. The molecule has 0 bridgehead atoms. The van der Waals surface area contributed by atoms with Gasteiger partial charge in [-0.1, -0.05) is 35.9 Å². The van der Waals surface area contributed by atoms with Crippen molar-refractivity contribution in [1.82, 2.24) is 4.98 Å². The number of pyridine rings is 1. The summed E-state index contributed by atoms with van der Waals surface area (Å²) in [4.78, 5) is 17.8. The third-order valence-corrected chi connectivity index (χ3v) is 3.57. The van der Waals surface area contributed by atoms with Crippen LogP contribution in [0.2, 0.25) is 0 Å². The summed E-state index contributed by atoms with van der Waals surface area (Å²) in [6.07, 6.45) is 3.19. The molecule has 0 amide bonds. The molecule has 2 heterocycles. The van der Waals surface area contributed by atoms with E-state index in [2.05, 4.69) is 22.9 Å². The first-order chi connectivity index (χ1) is 9.65. The van der Waals surface area contributed by atoms with E-state index in [1.54, 1.807) is 6.07 Å². The van der Waals surface area contributed by atoms with E-state index >= 15 is 0 Å². The second-order valence-electron chi connectivity index (χ2n) is 5.12. The molecule has 1 N–H and O–H groups in total. The number of carboxylic acid groups (broad SMARTS) is 1. The lowest BCUT2D eigenvalue weighted by Gasteiger charge is -2.28. The summed E-state index contributed by atoms with van der Waals surface area (Å²) in [6.45, 7) is 3.77. The molecule has 2 aromatic rings. The monoisotopic (exact) mass is 268 g/mol. The van der Waals surface area contributed by atoms with Crippen molar-refractivity contribution >= 4 is 22.6 Å². The van der Waals surface area contributed by atoms with Crippen molar-refractivity contribution in [3.63, 3.8) is 0 Å². The second kappa shape index (κ2) is 4.96. The largest absolute Gasteiger partial charge is 0.477 e. The summed E-state index contributed by atoms with van der Waals surface area (Å²) in [5, 5.41) is 11.2. The van der Waals surface area contributed by atoms with Crippen molar-refractivity contribution in [2.75, 3.05) is 18.0 Å². The number of hydrogen-bond acceptors (Lipinski definition) is 3. The van der Waals surface area contributed by atoms with Crippen LogP contribution >= 0.6 is 0 Å². The van der Waals surface area contributed by atoms with Gasteiger partial charge in [0.15, 0.2) is 5.69 Å². The van der Waals surface area contributed by atoms with E-state index in [9.17, 15) is 9.90 Å². The van der Waals surface area contributed by atoms with Gasteiger partial charge in [0.25, 0.3) is 0 Å². The number of hydrogen-bond donors (Lipinski definition) is 1. The highest BCUT2D eigenvalue weighted by Gasteiger charge is 2.17. The number of fused-ring (bicyclic) bond motifs is 1. The Morgan fingerprint density at radius 3 is 2.90 bits per heavy atom.